The number of nitrogens with zero attached hydrogens (tertiary/aromatic N) is 2. The molecule has 1 atom stereocenters. The standard InChI is InChI=1S/C24H23F6N3O3/c1-13-19(23(34)32-15-6-9-33(10-7-15)22(27)21(25)26)17-11-16(4-5-18(17)36-13)35-12-14-3-2-8-31-20(14)24(28,29)30/h2-5,8,11,15,21-22H,6-7,9-10,12H2,1H3,(H,32,34). The molecule has 1 aromatic carbocycles. The average Bonchev–Trinajstić information content (AvgIpc) is 3.17. The Kier molecular flexibility index (Phi) is 7.43. The molecule has 0 bridgehead atoms. The molecule has 0 aliphatic carbocycles. The lowest BCUT2D eigenvalue weighted by molar-refractivity contribution is -0.142. The fraction of sp³-hybridized carbons (Fsp3) is 0.417. The summed E-state index contributed by atoms with van der Waals surface area (Å²) in [6.07, 6.45) is -8.40. The molecular weight excluding hydrogens is 492 g/mol. The first-order valence-corrected chi connectivity index (χ1v) is 11.2. The molecule has 1 amide bonds. The zero-order valence-electron chi connectivity index (χ0n) is 19.1. The van der Waals surface area contributed by atoms with E-state index < -0.39 is 30.5 Å². The first-order valence-electron chi connectivity index (χ1n) is 11.2. The fourth-order valence-corrected chi connectivity index (χ4v) is 4.25. The van der Waals surface area contributed by atoms with Crippen LogP contribution < -0.4 is 10.1 Å². The second-order valence-electron chi connectivity index (χ2n) is 8.48. The summed E-state index contributed by atoms with van der Waals surface area (Å²) in [6, 6.07) is 6.88. The maximum Gasteiger partial charge on any atom is 0.433 e. The molecule has 1 aliphatic rings. The zero-order chi connectivity index (χ0) is 26.0. The number of hydrogen-bond acceptors (Lipinski definition) is 5. The van der Waals surface area contributed by atoms with Crippen LogP contribution in [0.5, 0.6) is 5.75 Å². The smallest absolute Gasteiger partial charge is 0.433 e. The summed E-state index contributed by atoms with van der Waals surface area (Å²) >= 11 is 0. The summed E-state index contributed by atoms with van der Waals surface area (Å²) in [7, 11) is 0. The lowest BCUT2D eigenvalue weighted by Crippen LogP contribution is -2.48. The topological polar surface area (TPSA) is 67.6 Å². The lowest BCUT2D eigenvalue weighted by Gasteiger charge is -2.33. The molecule has 4 rings (SSSR count). The molecular formula is C24H23F6N3O3. The van der Waals surface area contributed by atoms with Crippen LogP contribution in [0.2, 0.25) is 0 Å². The number of nitrogens with one attached hydrogen (secondary N) is 1. The number of ether oxygens (including phenoxy) is 1. The van der Waals surface area contributed by atoms with Crippen LogP contribution in [0, 0.1) is 6.92 Å². The van der Waals surface area contributed by atoms with E-state index in [0.717, 1.165) is 11.1 Å². The quantitative estimate of drug-likeness (QED) is 0.333. The predicted molar refractivity (Wildman–Crippen MR) is 117 cm³/mol. The van der Waals surface area contributed by atoms with Crippen molar-refractivity contribution in [3.05, 3.63) is 59.1 Å². The van der Waals surface area contributed by atoms with Crippen molar-refractivity contribution >= 4 is 16.9 Å². The molecule has 36 heavy (non-hydrogen) atoms. The first kappa shape index (κ1) is 25.8. The van der Waals surface area contributed by atoms with Gasteiger partial charge in [-0.2, -0.15) is 13.2 Å². The van der Waals surface area contributed by atoms with Gasteiger partial charge in [-0.3, -0.25) is 14.7 Å². The van der Waals surface area contributed by atoms with Crippen molar-refractivity contribution in [3.63, 3.8) is 0 Å². The maximum absolute atomic E-state index is 13.5. The number of benzene rings is 1. The van der Waals surface area contributed by atoms with Crippen LogP contribution >= 0.6 is 0 Å². The third-order valence-corrected chi connectivity index (χ3v) is 6.04. The molecule has 1 unspecified atom stereocenters. The lowest BCUT2D eigenvalue weighted by atomic mass is 10.0. The van der Waals surface area contributed by atoms with Gasteiger partial charge in [0.1, 0.15) is 23.7 Å². The number of hydrogen-bond donors (Lipinski definition) is 1. The minimum absolute atomic E-state index is 0.0772. The molecule has 0 saturated carbocycles. The van der Waals surface area contributed by atoms with Gasteiger partial charge < -0.3 is 14.5 Å². The van der Waals surface area contributed by atoms with E-state index in [1.165, 1.54) is 24.3 Å². The third-order valence-electron chi connectivity index (χ3n) is 6.04. The largest absolute Gasteiger partial charge is 0.489 e. The highest BCUT2D eigenvalue weighted by molar-refractivity contribution is 6.07. The number of fused-ring (bicyclic) bond motifs is 1. The van der Waals surface area contributed by atoms with Gasteiger partial charge in [-0.1, -0.05) is 6.07 Å². The second kappa shape index (κ2) is 10.4. The van der Waals surface area contributed by atoms with Crippen molar-refractivity contribution in [1.82, 2.24) is 15.2 Å². The molecule has 3 heterocycles. The number of amides is 1. The van der Waals surface area contributed by atoms with Crippen LogP contribution in [0.15, 0.2) is 40.9 Å². The van der Waals surface area contributed by atoms with E-state index in [4.69, 9.17) is 9.15 Å². The number of carbonyl (C=O) groups is 1. The van der Waals surface area contributed by atoms with Gasteiger partial charge in [-0.15, -0.1) is 0 Å². The van der Waals surface area contributed by atoms with Crippen molar-refractivity contribution in [2.24, 2.45) is 0 Å². The van der Waals surface area contributed by atoms with Gasteiger partial charge in [0, 0.05) is 36.3 Å². The Balaban J connectivity index is 1.47. The van der Waals surface area contributed by atoms with Gasteiger partial charge in [0.05, 0.1) is 5.56 Å². The minimum atomic E-state index is -4.63. The molecule has 1 saturated heterocycles. The van der Waals surface area contributed by atoms with Gasteiger partial charge in [0.2, 0.25) is 6.30 Å². The zero-order valence-corrected chi connectivity index (χ0v) is 19.1. The van der Waals surface area contributed by atoms with Crippen LogP contribution in [-0.4, -0.2) is 47.6 Å². The predicted octanol–water partition coefficient (Wildman–Crippen LogP) is 5.49. The summed E-state index contributed by atoms with van der Waals surface area (Å²) < 4.78 is 89.5. The number of rotatable bonds is 7. The van der Waals surface area contributed by atoms with E-state index in [1.807, 2.05) is 0 Å². The molecule has 3 aromatic rings. The number of aromatic nitrogens is 1. The second-order valence-corrected chi connectivity index (χ2v) is 8.48. The van der Waals surface area contributed by atoms with E-state index >= 15 is 0 Å². The van der Waals surface area contributed by atoms with Crippen molar-refractivity contribution < 1.29 is 40.3 Å². The molecule has 194 valence electrons. The number of aryl methyl sites for hydroxylation is 1. The Morgan fingerprint density at radius 1 is 1.22 bits per heavy atom. The number of halogens is 6. The van der Waals surface area contributed by atoms with Crippen LogP contribution in [0.3, 0.4) is 0 Å². The molecule has 1 aliphatic heterocycles. The van der Waals surface area contributed by atoms with E-state index in [-0.39, 0.29) is 42.6 Å². The van der Waals surface area contributed by atoms with Gasteiger partial charge in [-0.25, -0.2) is 13.2 Å². The molecule has 1 fully saturated rings. The van der Waals surface area contributed by atoms with Crippen molar-refractivity contribution in [1.29, 1.82) is 0 Å². The Morgan fingerprint density at radius 2 is 1.94 bits per heavy atom. The van der Waals surface area contributed by atoms with Gasteiger partial charge in [0.15, 0.2) is 5.69 Å². The molecule has 6 nitrogen and oxygen atoms in total. The summed E-state index contributed by atoms with van der Waals surface area (Å²) in [4.78, 5) is 17.5. The summed E-state index contributed by atoms with van der Waals surface area (Å²) in [5, 5.41) is 3.24. The third kappa shape index (κ3) is 5.58. The van der Waals surface area contributed by atoms with Crippen LogP contribution in [0.1, 0.15) is 40.2 Å². The Morgan fingerprint density at radius 3 is 2.61 bits per heavy atom. The maximum atomic E-state index is 13.5. The van der Waals surface area contributed by atoms with Crippen LogP contribution in [0.4, 0.5) is 26.3 Å². The average molecular weight is 515 g/mol. The SMILES string of the molecule is Cc1oc2ccc(OCc3cccnc3C(F)(F)F)cc2c1C(=O)NC1CCN(C(F)C(F)F)CC1. The van der Waals surface area contributed by atoms with E-state index in [1.54, 1.807) is 13.0 Å². The molecule has 0 radical (unpaired) electrons. The van der Waals surface area contributed by atoms with Gasteiger partial charge in [0.25, 0.3) is 12.3 Å². The highest BCUT2D eigenvalue weighted by atomic mass is 19.4. The molecule has 1 N–H and O–H groups in total. The van der Waals surface area contributed by atoms with E-state index in [2.05, 4.69) is 10.3 Å². The summed E-state index contributed by atoms with van der Waals surface area (Å²) in [5.74, 6) is 0.0907. The first-order chi connectivity index (χ1) is 17.0. The number of alkyl halides is 6. The highest BCUT2D eigenvalue weighted by Crippen LogP contribution is 2.32. The highest BCUT2D eigenvalue weighted by Gasteiger charge is 2.35. The van der Waals surface area contributed by atoms with Crippen LogP contribution in [-0.2, 0) is 12.8 Å². The summed E-state index contributed by atoms with van der Waals surface area (Å²) in [5.41, 5.74) is -0.565. The number of pyridine rings is 1. The summed E-state index contributed by atoms with van der Waals surface area (Å²) in [6.45, 7) is 1.36. The number of carbonyl (C=O) groups excluding carboxylic acids is 1. The number of furan rings is 1. The van der Waals surface area contributed by atoms with Gasteiger partial charge >= 0.3 is 6.18 Å². The van der Waals surface area contributed by atoms with E-state index in [0.29, 0.717) is 29.6 Å². The molecule has 12 heteroatoms. The Labute approximate surface area is 202 Å². The number of likely N-dealkylation sites (tertiary alicyclic amines) is 1. The molecule has 2 aromatic heterocycles. The fourth-order valence-electron chi connectivity index (χ4n) is 4.25. The van der Waals surface area contributed by atoms with Crippen molar-refractivity contribution in [2.75, 3.05) is 13.1 Å². The molecule has 0 spiro atoms. The minimum Gasteiger partial charge on any atom is -0.489 e. The van der Waals surface area contributed by atoms with Gasteiger partial charge in [-0.05, 0) is 44.0 Å². The number of piperidine rings is 1. The normalized spacial score (nSPS) is 16.4. The Hall–Kier alpha value is -3.28. The van der Waals surface area contributed by atoms with E-state index in [9.17, 15) is 31.1 Å². The monoisotopic (exact) mass is 515 g/mol. The van der Waals surface area contributed by atoms with Crippen LogP contribution in [0.25, 0.3) is 11.0 Å². The Bertz CT molecular complexity index is 1220. The van der Waals surface area contributed by atoms with Crippen molar-refractivity contribution in [3.8, 4) is 5.75 Å². The van der Waals surface area contributed by atoms with Crippen molar-refractivity contribution in [2.45, 2.75) is 51.3 Å².